The maximum atomic E-state index is 6.17. The lowest BCUT2D eigenvalue weighted by Gasteiger charge is -2.12. The van der Waals surface area contributed by atoms with Crippen molar-refractivity contribution in [2.75, 3.05) is 0 Å². The normalized spacial score (nSPS) is 11.0. The number of hydrogen-bond acceptors (Lipinski definition) is 3. The summed E-state index contributed by atoms with van der Waals surface area (Å²) in [6, 6.07) is 19.3. The van der Waals surface area contributed by atoms with Gasteiger partial charge in [0.25, 0.3) is 0 Å². The Hall–Kier alpha value is -2.34. The summed E-state index contributed by atoms with van der Waals surface area (Å²) in [4.78, 5) is 0. The van der Waals surface area contributed by atoms with Crippen LogP contribution in [0.5, 0.6) is 5.75 Å². The molecule has 1 N–H and O–H groups in total. The molecule has 0 aliphatic heterocycles. The van der Waals surface area contributed by atoms with Crippen molar-refractivity contribution in [2.45, 2.75) is 6.61 Å². The first kappa shape index (κ1) is 17.1. The number of benzene rings is 3. The van der Waals surface area contributed by atoms with E-state index in [0.29, 0.717) is 26.4 Å². The molecular formula is C19H13Cl2N3OS. The molecule has 0 spiro atoms. The van der Waals surface area contributed by atoms with Crippen molar-refractivity contribution < 1.29 is 4.74 Å². The van der Waals surface area contributed by atoms with E-state index in [4.69, 9.17) is 40.2 Å². The maximum absolute atomic E-state index is 6.17. The van der Waals surface area contributed by atoms with E-state index in [9.17, 15) is 0 Å². The van der Waals surface area contributed by atoms with Gasteiger partial charge in [0.05, 0.1) is 10.7 Å². The topological polar surface area (TPSA) is 42.8 Å². The molecule has 0 atom stereocenters. The van der Waals surface area contributed by atoms with E-state index in [1.807, 2.05) is 28.8 Å². The molecule has 130 valence electrons. The fraction of sp³-hybridized carbons (Fsp3) is 0.0526. The second-order valence-electron chi connectivity index (χ2n) is 5.64. The van der Waals surface area contributed by atoms with Gasteiger partial charge in [0.1, 0.15) is 12.4 Å². The predicted octanol–water partition coefficient (Wildman–Crippen LogP) is 5.97. The summed E-state index contributed by atoms with van der Waals surface area (Å²) in [5, 5.41) is 10.4. The van der Waals surface area contributed by atoms with E-state index in [0.717, 1.165) is 16.5 Å². The highest BCUT2D eigenvalue weighted by Crippen LogP contribution is 2.29. The molecule has 4 nitrogen and oxygen atoms in total. The Morgan fingerprint density at radius 2 is 1.85 bits per heavy atom. The van der Waals surface area contributed by atoms with Crippen LogP contribution >= 0.6 is 35.4 Å². The van der Waals surface area contributed by atoms with Gasteiger partial charge >= 0.3 is 0 Å². The third-order valence-electron chi connectivity index (χ3n) is 4.00. The summed E-state index contributed by atoms with van der Waals surface area (Å²) >= 11 is 17.5. The summed E-state index contributed by atoms with van der Waals surface area (Å²) in [5.74, 6) is 1.19. The van der Waals surface area contributed by atoms with Gasteiger partial charge < -0.3 is 4.74 Å². The number of rotatable bonds is 4. The quantitative estimate of drug-likeness (QED) is 0.428. The first-order chi connectivity index (χ1) is 12.6. The molecule has 0 fully saturated rings. The Morgan fingerprint density at radius 3 is 2.69 bits per heavy atom. The zero-order valence-electron chi connectivity index (χ0n) is 13.4. The van der Waals surface area contributed by atoms with Crippen LogP contribution in [0.15, 0.2) is 60.7 Å². The fourth-order valence-corrected chi connectivity index (χ4v) is 3.53. The minimum Gasteiger partial charge on any atom is -0.484 e. The van der Waals surface area contributed by atoms with Crippen LogP contribution in [0.3, 0.4) is 0 Å². The van der Waals surface area contributed by atoms with Crippen molar-refractivity contribution in [2.24, 2.45) is 0 Å². The van der Waals surface area contributed by atoms with Gasteiger partial charge in [-0.1, -0.05) is 59.6 Å². The van der Waals surface area contributed by atoms with E-state index >= 15 is 0 Å². The molecule has 0 radical (unpaired) electrons. The number of fused-ring (bicyclic) bond motifs is 1. The van der Waals surface area contributed by atoms with Crippen LogP contribution in [-0.4, -0.2) is 14.8 Å². The summed E-state index contributed by atoms with van der Waals surface area (Å²) in [6.07, 6.45) is 0. The third kappa shape index (κ3) is 3.21. The molecule has 0 aliphatic rings. The molecule has 4 rings (SSSR count). The smallest absolute Gasteiger partial charge is 0.199 e. The zero-order chi connectivity index (χ0) is 18.1. The van der Waals surface area contributed by atoms with Gasteiger partial charge in [-0.15, -0.1) is 0 Å². The summed E-state index contributed by atoms with van der Waals surface area (Å²) in [6.45, 7) is 0.206. The number of halogens is 2. The highest BCUT2D eigenvalue weighted by molar-refractivity contribution is 7.71. The van der Waals surface area contributed by atoms with Crippen molar-refractivity contribution in [1.29, 1.82) is 0 Å². The third-order valence-corrected chi connectivity index (χ3v) is 4.80. The average Bonchev–Trinajstić information content (AvgIpc) is 3.01. The number of ether oxygens (including phenoxy) is 1. The van der Waals surface area contributed by atoms with E-state index < -0.39 is 0 Å². The van der Waals surface area contributed by atoms with E-state index in [1.54, 1.807) is 18.2 Å². The lowest BCUT2D eigenvalue weighted by Crippen LogP contribution is -2.06. The lowest BCUT2D eigenvalue weighted by atomic mass is 10.1. The molecule has 0 saturated heterocycles. The summed E-state index contributed by atoms with van der Waals surface area (Å²) in [5.41, 5.74) is 0.947. The molecule has 0 unspecified atom stereocenters. The molecule has 4 aromatic rings. The molecule has 1 aromatic heterocycles. The van der Waals surface area contributed by atoms with E-state index in [2.05, 4.69) is 28.4 Å². The molecule has 26 heavy (non-hydrogen) atoms. The Labute approximate surface area is 164 Å². The van der Waals surface area contributed by atoms with E-state index in [1.165, 1.54) is 0 Å². The van der Waals surface area contributed by atoms with Crippen LogP contribution in [0.4, 0.5) is 0 Å². The predicted molar refractivity (Wildman–Crippen MR) is 107 cm³/mol. The van der Waals surface area contributed by atoms with Crippen LogP contribution in [0.1, 0.15) is 5.82 Å². The van der Waals surface area contributed by atoms with Crippen LogP contribution in [-0.2, 0) is 6.61 Å². The summed E-state index contributed by atoms with van der Waals surface area (Å²) in [7, 11) is 0. The Morgan fingerprint density at radius 1 is 1.04 bits per heavy atom. The van der Waals surface area contributed by atoms with Crippen LogP contribution in [0.25, 0.3) is 16.5 Å². The highest BCUT2D eigenvalue weighted by atomic mass is 35.5. The Balaban J connectivity index is 1.73. The standard InChI is InChI=1S/C19H13Cl2N3OS/c20-13-8-9-17(15(21)10-13)25-11-18-22-23-19(26)24(18)16-7-3-5-12-4-1-2-6-14(12)16/h1-10H,11H2,(H,23,26). The maximum Gasteiger partial charge on any atom is 0.199 e. The van der Waals surface area contributed by atoms with Crippen molar-refractivity contribution in [3.05, 3.63) is 81.3 Å². The fourth-order valence-electron chi connectivity index (χ4n) is 2.81. The first-order valence-corrected chi connectivity index (χ1v) is 9.02. The number of nitrogens with one attached hydrogen (secondary N) is 1. The van der Waals surface area contributed by atoms with Crippen LogP contribution in [0.2, 0.25) is 10.0 Å². The Bertz CT molecular complexity index is 1150. The van der Waals surface area contributed by atoms with E-state index in [-0.39, 0.29) is 6.61 Å². The molecule has 0 aliphatic carbocycles. The molecule has 7 heteroatoms. The van der Waals surface area contributed by atoms with Gasteiger partial charge in [-0.2, -0.15) is 5.10 Å². The highest BCUT2D eigenvalue weighted by Gasteiger charge is 2.12. The molecule has 1 heterocycles. The minimum absolute atomic E-state index is 0.206. The van der Waals surface area contributed by atoms with Crippen LogP contribution in [0, 0.1) is 4.77 Å². The largest absolute Gasteiger partial charge is 0.484 e. The SMILES string of the molecule is S=c1[nH]nc(COc2ccc(Cl)cc2Cl)n1-c1cccc2ccccc12. The average molecular weight is 402 g/mol. The van der Waals surface area contributed by atoms with Gasteiger partial charge in [-0.05, 0) is 41.9 Å². The van der Waals surface area contributed by atoms with Crippen molar-refractivity contribution in [3.8, 4) is 11.4 Å². The van der Waals surface area contributed by atoms with Crippen molar-refractivity contribution >= 4 is 46.2 Å². The molecule has 0 saturated carbocycles. The van der Waals surface area contributed by atoms with Crippen LogP contribution < -0.4 is 4.74 Å². The number of hydrogen-bond donors (Lipinski definition) is 1. The number of nitrogens with zero attached hydrogens (tertiary/aromatic N) is 2. The number of H-pyrrole nitrogens is 1. The molecule has 0 bridgehead atoms. The second kappa shape index (κ2) is 7.11. The van der Waals surface area contributed by atoms with Crippen molar-refractivity contribution in [3.63, 3.8) is 0 Å². The zero-order valence-corrected chi connectivity index (χ0v) is 15.8. The van der Waals surface area contributed by atoms with Gasteiger partial charge in [0, 0.05) is 10.4 Å². The molecule has 0 amide bonds. The first-order valence-electron chi connectivity index (χ1n) is 7.86. The summed E-state index contributed by atoms with van der Waals surface area (Å²) < 4.78 is 8.20. The van der Waals surface area contributed by atoms with Gasteiger partial charge in [-0.25, -0.2) is 0 Å². The second-order valence-corrected chi connectivity index (χ2v) is 6.87. The minimum atomic E-state index is 0.206. The molecular weight excluding hydrogens is 389 g/mol. The van der Waals surface area contributed by atoms with Gasteiger partial charge in [0.15, 0.2) is 10.6 Å². The van der Waals surface area contributed by atoms with Gasteiger partial charge in [-0.3, -0.25) is 9.67 Å². The lowest BCUT2D eigenvalue weighted by molar-refractivity contribution is 0.293. The van der Waals surface area contributed by atoms with Crippen molar-refractivity contribution in [1.82, 2.24) is 14.8 Å². The number of aromatic nitrogens is 3. The molecule has 3 aromatic carbocycles. The van der Waals surface area contributed by atoms with Gasteiger partial charge in [0.2, 0.25) is 0 Å². The number of aromatic amines is 1. The Kier molecular flexibility index (Phi) is 4.68. The monoisotopic (exact) mass is 401 g/mol.